The average Bonchev–Trinajstić information content (AvgIpc) is 1.58. The average molecular weight is 140 g/mol. The Kier molecular flexibility index (Phi) is 4.01. The zero-order valence-corrected chi connectivity index (χ0v) is 7.27. The summed E-state index contributed by atoms with van der Waals surface area (Å²) < 4.78 is 0. The largest absolute Gasteiger partial charge is 0.300 e. The van der Waals surface area contributed by atoms with Crippen molar-refractivity contribution in [2.24, 2.45) is 5.92 Å². The Morgan fingerprint density at radius 2 is 1.90 bits per heavy atom. The molecular weight excluding hydrogens is 124 g/mol. The molecule has 0 aromatic carbocycles. The Balaban J connectivity index is 3.82. The maximum Gasteiger partial charge on any atom is 0.133 e. The van der Waals surface area contributed by atoms with Gasteiger partial charge in [0.05, 0.1) is 0 Å². The summed E-state index contributed by atoms with van der Waals surface area (Å²) in [4.78, 5) is 10.6. The third-order valence-corrected chi connectivity index (χ3v) is 1.15. The lowest BCUT2D eigenvalue weighted by atomic mass is 10.1. The molecule has 1 heteroatoms. The van der Waals surface area contributed by atoms with Gasteiger partial charge in [-0.05, 0) is 19.8 Å². The first-order chi connectivity index (χ1) is 4.52. The maximum absolute atomic E-state index is 10.6. The summed E-state index contributed by atoms with van der Waals surface area (Å²) in [6.45, 7) is 7.85. The third kappa shape index (κ3) is 5.54. The first kappa shape index (κ1) is 9.41. The molecular formula is C9H16O. The fourth-order valence-electron chi connectivity index (χ4n) is 1.02. The van der Waals surface area contributed by atoms with Crippen LogP contribution in [0.4, 0.5) is 0 Å². The minimum Gasteiger partial charge on any atom is -0.300 e. The van der Waals surface area contributed by atoms with Crippen molar-refractivity contribution in [2.45, 2.75) is 34.1 Å². The van der Waals surface area contributed by atoms with Crippen LogP contribution in [0, 0.1) is 5.92 Å². The molecule has 0 N–H and O–H groups in total. The Bertz CT molecular complexity index is 143. The summed E-state index contributed by atoms with van der Waals surface area (Å²) in [5.74, 6) is 0.800. The molecule has 0 aromatic heterocycles. The van der Waals surface area contributed by atoms with Crippen molar-refractivity contribution in [3.63, 3.8) is 0 Å². The van der Waals surface area contributed by atoms with Gasteiger partial charge in [-0.3, -0.25) is 4.79 Å². The maximum atomic E-state index is 10.6. The van der Waals surface area contributed by atoms with Crippen LogP contribution < -0.4 is 0 Å². The van der Waals surface area contributed by atoms with E-state index in [1.54, 1.807) is 6.92 Å². The highest BCUT2D eigenvalue weighted by molar-refractivity contribution is 5.77. The van der Waals surface area contributed by atoms with Crippen LogP contribution in [0.3, 0.4) is 0 Å². The SMILES string of the molecule is CC(=O)C/C(C)=C/C(C)C. The van der Waals surface area contributed by atoms with Gasteiger partial charge in [0, 0.05) is 6.42 Å². The van der Waals surface area contributed by atoms with Crippen molar-refractivity contribution in [1.29, 1.82) is 0 Å². The number of Topliss-reactive ketones (excluding diaryl/α,β-unsaturated/α-hetero) is 1. The molecule has 0 amide bonds. The highest BCUT2D eigenvalue weighted by Crippen LogP contribution is 2.05. The first-order valence-electron chi connectivity index (χ1n) is 3.69. The van der Waals surface area contributed by atoms with E-state index in [1.807, 2.05) is 6.92 Å². The number of carbonyl (C=O) groups is 1. The fourth-order valence-corrected chi connectivity index (χ4v) is 1.02. The summed E-state index contributed by atoms with van der Waals surface area (Å²) >= 11 is 0. The van der Waals surface area contributed by atoms with Gasteiger partial charge in [0.15, 0.2) is 0 Å². The summed E-state index contributed by atoms with van der Waals surface area (Å²) in [5, 5.41) is 0. The van der Waals surface area contributed by atoms with Crippen molar-refractivity contribution in [3.8, 4) is 0 Å². The Morgan fingerprint density at radius 1 is 1.40 bits per heavy atom. The molecule has 0 heterocycles. The van der Waals surface area contributed by atoms with Gasteiger partial charge in [-0.2, -0.15) is 0 Å². The summed E-state index contributed by atoms with van der Waals surface area (Å²) in [7, 11) is 0. The van der Waals surface area contributed by atoms with Crippen LogP contribution >= 0.6 is 0 Å². The Morgan fingerprint density at radius 3 is 2.20 bits per heavy atom. The lowest BCUT2D eigenvalue weighted by Crippen LogP contribution is -1.92. The van der Waals surface area contributed by atoms with E-state index in [-0.39, 0.29) is 5.78 Å². The molecule has 0 rings (SSSR count). The second-order valence-electron chi connectivity index (χ2n) is 3.14. The van der Waals surface area contributed by atoms with Crippen molar-refractivity contribution in [2.75, 3.05) is 0 Å². The second-order valence-corrected chi connectivity index (χ2v) is 3.14. The molecule has 0 fully saturated rings. The molecule has 0 saturated carbocycles. The van der Waals surface area contributed by atoms with Crippen LogP contribution in [-0.4, -0.2) is 5.78 Å². The van der Waals surface area contributed by atoms with Gasteiger partial charge >= 0.3 is 0 Å². The fraction of sp³-hybridized carbons (Fsp3) is 0.667. The molecule has 0 atom stereocenters. The van der Waals surface area contributed by atoms with E-state index < -0.39 is 0 Å². The Hall–Kier alpha value is -0.590. The van der Waals surface area contributed by atoms with Gasteiger partial charge in [-0.1, -0.05) is 25.5 Å². The van der Waals surface area contributed by atoms with E-state index in [9.17, 15) is 4.79 Å². The van der Waals surface area contributed by atoms with E-state index in [0.717, 1.165) is 0 Å². The molecule has 0 saturated heterocycles. The van der Waals surface area contributed by atoms with Gasteiger partial charge in [0.2, 0.25) is 0 Å². The highest BCUT2D eigenvalue weighted by Gasteiger charge is 1.95. The van der Waals surface area contributed by atoms with E-state index in [2.05, 4.69) is 19.9 Å². The number of ketones is 1. The molecule has 0 aliphatic carbocycles. The quantitative estimate of drug-likeness (QED) is 0.551. The molecule has 0 bridgehead atoms. The number of allylic oxidation sites excluding steroid dienone is 2. The normalized spacial score (nSPS) is 12.3. The molecule has 1 nitrogen and oxygen atoms in total. The molecule has 0 unspecified atom stereocenters. The molecule has 0 aliphatic heterocycles. The van der Waals surface area contributed by atoms with Gasteiger partial charge in [0.25, 0.3) is 0 Å². The minimum absolute atomic E-state index is 0.245. The van der Waals surface area contributed by atoms with Crippen molar-refractivity contribution < 1.29 is 4.79 Å². The highest BCUT2D eigenvalue weighted by atomic mass is 16.1. The van der Waals surface area contributed by atoms with Crippen molar-refractivity contribution >= 4 is 5.78 Å². The molecule has 0 aromatic rings. The summed E-state index contributed by atoms with van der Waals surface area (Å²) in [6, 6.07) is 0. The second kappa shape index (κ2) is 4.26. The van der Waals surface area contributed by atoms with Crippen LogP contribution in [-0.2, 0) is 4.79 Å². The standard InChI is InChI=1S/C9H16O/c1-7(2)5-8(3)6-9(4)10/h5,7H,6H2,1-4H3/b8-5+. The van der Waals surface area contributed by atoms with E-state index in [4.69, 9.17) is 0 Å². The summed E-state index contributed by atoms with van der Waals surface area (Å²) in [6.07, 6.45) is 2.74. The summed E-state index contributed by atoms with van der Waals surface area (Å²) in [5.41, 5.74) is 1.18. The van der Waals surface area contributed by atoms with Gasteiger partial charge in [-0.25, -0.2) is 0 Å². The van der Waals surface area contributed by atoms with Crippen LogP contribution in [0.5, 0.6) is 0 Å². The van der Waals surface area contributed by atoms with Crippen LogP contribution in [0.2, 0.25) is 0 Å². The van der Waals surface area contributed by atoms with Crippen molar-refractivity contribution in [3.05, 3.63) is 11.6 Å². The number of hydrogen-bond donors (Lipinski definition) is 0. The van der Waals surface area contributed by atoms with Crippen LogP contribution in [0.25, 0.3) is 0 Å². The van der Waals surface area contributed by atoms with E-state index in [1.165, 1.54) is 5.57 Å². The number of carbonyl (C=O) groups excluding carboxylic acids is 1. The molecule has 0 radical (unpaired) electrons. The lowest BCUT2D eigenvalue weighted by Gasteiger charge is -1.99. The minimum atomic E-state index is 0.245. The van der Waals surface area contributed by atoms with Gasteiger partial charge in [-0.15, -0.1) is 0 Å². The molecule has 10 heavy (non-hydrogen) atoms. The smallest absolute Gasteiger partial charge is 0.133 e. The van der Waals surface area contributed by atoms with Crippen LogP contribution in [0.15, 0.2) is 11.6 Å². The molecule has 58 valence electrons. The Labute approximate surface area is 63.1 Å². The number of hydrogen-bond acceptors (Lipinski definition) is 1. The monoisotopic (exact) mass is 140 g/mol. The topological polar surface area (TPSA) is 17.1 Å². The van der Waals surface area contributed by atoms with Gasteiger partial charge < -0.3 is 0 Å². The predicted octanol–water partition coefficient (Wildman–Crippen LogP) is 2.57. The zero-order valence-electron chi connectivity index (χ0n) is 7.27. The zero-order chi connectivity index (χ0) is 8.15. The molecule has 0 aliphatic rings. The predicted molar refractivity (Wildman–Crippen MR) is 43.9 cm³/mol. The van der Waals surface area contributed by atoms with Crippen LogP contribution in [0.1, 0.15) is 34.1 Å². The first-order valence-corrected chi connectivity index (χ1v) is 3.69. The van der Waals surface area contributed by atoms with Crippen molar-refractivity contribution in [1.82, 2.24) is 0 Å². The van der Waals surface area contributed by atoms with Gasteiger partial charge in [0.1, 0.15) is 5.78 Å². The lowest BCUT2D eigenvalue weighted by molar-refractivity contribution is -0.116. The number of rotatable bonds is 3. The van der Waals surface area contributed by atoms with E-state index in [0.29, 0.717) is 12.3 Å². The third-order valence-electron chi connectivity index (χ3n) is 1.15. The molecule has 0 spiro atoms. The van der Waals surface area contributed by atoms with E-state index >= 15 is 0 Å².